The van der Waals surface area contributed by atoms with E-state index in [2.05, 4.69) is 34.9 Å². The molecule has 2 aliphatic carbocycles. The molecule has 1 saturated carbocycles. The first-order valence-corrected chi connectivity index (χ1v) is 11.6. The van der Waals surface area contributed by atoms with Gasteiger partial charge in [0.15, 0.2) is 0 Å². The Morgan fingerprint density at radius 1 is 1.06 bits per heavy atom. The average molecular weight is 451 g/mol. The number of ether oxygens (including phenoxy) is 1. The average Bonchev–Trinajstić information content (AvgIpc) is 3.54. The van der Waals surface area contributed by atoms with Crippen LogP contribution < -0.4 is 10.6 Å². The highest BCUT2D eigenvalue weighted by molar-refractivity contribution is 5.79. The topological polar surface area (TPSA) is 105 Å². The van der Waals surface area contributed by atoms with Crippen LogP contribution in [0.2, 0.25) is 0 Å². The van der Waals surface area contributed by atoms with Crippen LogP contribution in [0.1, 0.15) is 49.7 Å². The van der Waals surface area contributed by atoms with Gasteiger partial charge >= 0.3 is 12.1 Å². The first-order chi connectivity index (χ1) is 16.0. The van der Waals surface area contributed by atoms with E-state index in [1.165, 1.54) is 11.1 Å². The number of rotatable bonds is 10. The molecule has 3 N–H and O–H groups in total. The highest BCUT2D eigenvalue weighted by Gasteiger charge is 2.42. The van der Waals surface area contributed by atoms with Gasteiger partial charge in [0.05, 0.1) is 5.92 Å². The number of alkyl carbamates (subject to hydrolysis) is 1. The maximum atomic E-state index is 12.5. The molecule has 174 valence electrons. The van der Waals surface area contributed by atoms with Crippen LogP contribution in [-0.2, 0) is 14.3 Å². The van der Waals surface area contributed by atoms with Crippen LogP contribution in [0, 0.1) is 11.8 Å². The third-order valence-corrected chi connectivity index (χ3v) is 6.68. The molecule has 0 radical (unpaired) electrons. The summed E-state index contributed by atoms with van der Waals surface area (Å²) in [5.41, 5.74) is 4.69. The molecular weight excluding hydrogens is 420 g/mol. The molecule has 3 atom stereocenters. The van der Waals surface area contributed by atoms with Crippen molar-refractivity contribution in [2.24, 2.45) is 11.8 Å². The first kappa shape index (κ1) is 22.8. The molecule has 0 spiro atoms. The second kappa shape index (κ2) is 10.1. The molecule has 1 fully saturated rings. The molecule has 4 rings (SSSR count). The molecule has 2 amide bonds. The Morgan fingerprint density at radius 3 is 2.27 bits per heavy atom. The molecule has 1 unspecified atom stereocenters. The Hall–Kier alpha value is -3.35. The predicted molar refractivity (Wildman–Crippen MR) is 124 cm³/mol. The molecule has 7 nitrogen and oxygen atoms in total. The van der Waals surface area contributed by atoms with E-state index >= 15 is 0 Å². The van der Waals surface area contributed by atoms with Crippen molar-refractivity contribution in [2.75, 3.05) is 13.2 Å². The van der Waals surface area contributed by atoms with Crippen LogP contribution in [0.4, 0.5) is 4.79 Å². The number of hydrogen-bond acceptors (Lipinski definition) is 4. The van der Waals surface area contributed by atoms with E-state index in [0.717, 1.165) is 11.1 Å². The highest BCUT2D eigenvalue weighted by atomic mass is 16.5. The summed E-state index contributed by atoms with van der Waals surface area (Å²) in [6.07, 6.45) is 1.59. The van der Waals surface area contributed by atoms with Crippen molar-refractivity contribution in [3.05, 3.63) is 59.7 Å². The number of aliphatic carboxylic acids is 1. The van der Waals surface area contributed by atoms with E-state index in [1.54, 1.807) is 0 Å². The molecule has 0 heterocycles. The monoisotopic (exact) mass is 450 g/mol. The lowest BCUT2D eigenvalue weighted by Gasteiger charge is -2.19. The predicted octanol–water partition coefficient (Wildman–Crippen LogP) is 3.92. The summed E-state index contributed by atoms with van der Waals surface area (Å²) in [6, 6.07) is 16.2. The van der Waals surface area contributed by atoms with Gasteiger partial charge in [-0.3, -0.25) is 9.59 Å². The molecule has 0 bridgehead atoms. The van der Waals surface area contributed by atoms with Crippen molar-refractivity contribution < 1.29 is 24.2 Å². The lowest BCUT2D eigenvalue weighted by atomic mass is 9.98. The second-order valence-electron chi connectivity index (χ2n) is 8.86. The van der Waals surface area contributed by atoms with Crippen molar-refractivity contribution >= 4 is 18.0 Å². The largest absolute Gasteiger partial charge is 0.481 e. The summed E-state index contributed by atoms with van der Waals surface area (Å²) < 4.78 is 5.59. The van der Waals surface area contributed by atoms with Crippen molar-refractivity contribution in [3.8, 4) is 11.1 Å². The summed E-state index contributed by atoms with van der Waals surface area (Å²) in [5.74, 6) is -1.21. The van der Waals surface area contributed by atoms with Gasteiger partial charge in [-0.15, -0.1) is 0 Å². The Bertz CT molecular complexity index is 991. The number of carbonyl (C=O) groups is 3. The van der Waals surface area contributed by atoms with Gasteiger partial charge in [0, 0.05) is 24.9 Å². The zero-order valence-electron chi connectivity index (χ0n) is 18.8. The van der Waals surface area contributed by atoms with Crippen molar-refractivity contribution in [1.29, 1.82) is 0 Å². The smallest absolute Gasteiger partial charge is 0.407 e. The number of fused-ring (bicyclic) bond motifs is 3. The molecular formula is C26H30N2O5. The number of amides is 2. The van der Waals surface area contributed by atoms with E-state index in [-0.39, 0.29) is 42.7 Å². The van der Waals surface area contributed by atoms with Crippen LogP contribution in [-0.4, -0.2) is 42.3 Å². The van der Waals surface area contributed by atoms with E-state index in [9.17, 15) is 14.4 Å². The van der Waals surface area contributed by atoms with E-state index in [4.69, 9.17) is 9.84 Å². The van der Waals surface area contributed by atoms with Gasteiger partial charge in [-0.05, 0) is 47.4 Å². The fourth-order valence-electron chi connectivity index (χ4n) is 4.60. The number of nitrogens with one attached hydrogen (secondary N) is 2. The normalized spacial score (nSPS) is 19.2. The maximum absolute atomic E-state index is 12.5. The van der Waals surface area contributed by atoms with Crippen LogP contribution in [0.3, 0.4) is 0 Å². The van der Waals surface area contributed by atoms with Crippen LogP contribution in [0.25, 0.3) is 11.1 Å². The Balaban J connectivity index is 1.23. The Kier molecular flexibility index (Phi) is 6.96. The standard InChI is InChI=1S/C26H30N2O5/c1-2-17(11-12-24(29)27-14-16-13-22(16)25(30)31)28-26(32)33-15-23-20-9-5-3-7-18(20)19-8-4-6-10-21(19)23/h3-10,16-17,22-23H,2,11-15H2,1H3,(H,27,29)(H,28,32)(H,30,31)/t16-,17?,22-/m1/s1. The Labute approximate surface area is 193 Å². The number of benzene rings is 2. The molecule has 0 saturated heterocycles. The minimum absolute atomic E-state index is 0.00561. The molecule has 7 heteroatoms. The van der Waals surface area contributed by atoms with Gasteiger partial charge in [0.25, 0.3) is 0 Å². The van der Waals surface area contributed by atoms with Crippen molar-refractivity contribution in [1.82, 2.24) is 10.6 Å². The summed E-state index contributed by atoms with van der Waals surface area (Å²) in [4.78, 5) is 35.4. The van der Waals surface area contributed by atoms with Crippen molar-refractivity contribution in [3.63, 3.8) is 0 Å². The number of hydrogen-bond donors (Lipinski definition) is 3. The lowest BCUT2D eigenvalue weighted by molar-refractivity contribution is -0.139. The molecule has 33 heavy (non-hydrogen) atoms. The third-order valence-electron chi connectivity index (χ3n) is 6.68. The van der Waals surface area contributed by atoms with Gasteiger partial charge in [-0.2, -0.15) is 0 Å². The quantitative estimate of drug-likeness (QED) is 0.509. The maximum Gasteiger partial charge on any atom is 0.407 e. The summed E-state index contributed by atoms with van der Waals surface area (Å²) >= 11 is 0. The van der Waals surface area contributed by atoms with Crippen LogP contribution >= 0.6 is 0 Å². The zero-order chi connectivity index (χ0) is 23.4. The minimum Gasteiger partial charge on any atom is -0.481 e. The zero-order valence-corrected chi connectivity index (χ0v) is 18.8. The lowest BCUT2D eigenvalue weighted by Crippen LogP contribution is -2.37. The second-order valence-corrected chi connectivity index (χ2v) is 8.86. The first-order valence-electron chi connectivity index (χ1n) is 11.6. The van der Waals surface area contributed by atoms with E-state index in [1.807, 2.05) is 31.2 Å². The van der Waals surface area contributed by atoms with Crippen LogP contribution in [0.5, 0.6) is 0 Å². The molecule has 2 aliphatic rings. The Morgan fingerprint density at radius 2 is 1.70 bits per heavy atom. The van der Waals surface area contributed by atoms with Gasteiger partial charge in [0.2, 0.25) is 5.91 Å². The molecule has 2 aromatic carbocycles. The third kappa shape index (κ3) is 5.35. The molecule has 2 aromatic rings. The fraction of sp³-hybridized carbons (Fsp3) is 0.423. The van der Waals surface area contributed by atoms with Crippen LogP contribution in [0.15, 0.2) is 48.5 Å². The van der Waals surface area contributed by atoms with Gasteiger partial charge < -0.3 is 20.5 Å². The van der Waals surface area contributed by atoms with Gasteiger partial charge in [0.1, 0.15) is 6.61 Å². The van der Waals surface area contributed by atoms with Gasteiger partial charge in [-0.25, -0.2) is 4.79 Å². The number of carbonyl (C=O) groups excluding carboxylic acids is 2. The SMILES string of the molecule is CCC(CCC(=O)NC[C@H]1C[C@H]1C(=O)O)NC(=O)OCC1c2ccccc2-c2ccccc21. The summed E-state index contributed by atoms with van der Waals surface area (Å²) in [6.45, 7) is 2.60. The van der Waals surface area contributed by atoms with E-state index < -0.39 is 12.1 Å². The summed E-state index contributed by atoms with van der Waals surface area (Å²) in [5, 5.41) is 14.6. The number of carboxylic acid groups (broad SMARTS) is 1. The fourth-order valence-corrected chi connectivity index (χ4v) is 4.60. The van der Waals surface area contributed by atoms with Crippen molar-refractivity contribution in [2.45, 2.75) is 44.6 Å². The van der Waals surface area contributed by atoms with Gasteiger partial charge in [-0.1, -0.05) is 55.5 Å². The summed E-state index contributed by atoms with van der Waals surface area (Å²) in [7, 11) is 0. The minimum atomic E-state index is -0.799. The van der Waals surface area contributed by atoms with E-state index in [0.29, 0.717) is 25.8 Å². The highest BCUT2D eigenvalue weighted by Crippen LogP contribution is 2.44. The number of carboxylic acids is 1. The molecule has 0 aliphatic heterocycles. The molecule has 0 aromatic heterocycles.